The lowest BCUT2D eigenvalue weighted by Gasteiger charge is -2.26. The van der Waals surface area contributed by atoms with Crippen LogP contribution in [0.15, 0.2) is 107 Å². The Labute approximate surface area is 237 Å². The van der Waals surface area contributed by atoms with Crippen LogP contribution >= 0.6 is 23.2 Å². The Bertz CT molecular complexity index is 1700. The Balaban J connectivity index is 1.55. The summed E-state index contributed by atoms with van der Waals surface area (Å²) in [6.07, 6.45) is 0. The van der Waals surface area contributed by atoms with Crippen LogP contribution in [0.2, 0.25) is 10.0 Å². The highest BCUT2D eigenvalue weighted by Gasteiger charge is 2.28. The predicted molar refractivity (Wildman–Crippen MR) is 154 cm³/mol. The van der Waals surface area contributed by atoms with Crippen molar-refractivity contribution in [3.05, 3.63) is 113 Å². The number of halogens is 2. The van der Waals surface area contributed by atoms with Gasteiger partial charge in [0, 0.05) is 21.4 Å². The Morgan fingerprint density at radius 3 is 2.00 bits per heavy atom. The Morgan fingerprint density at radius 1 is 0.744 bits per heavy atom. The van der Waals surface area contributed by atoms with Crippen LogP contribution < -0.4 is 14.3 Å². The highest BCUT2D eigenvalue weighted by Crippen LogP contribution is 2.31. The van der Waals surface area contributed by atoms with Gasteiger partial charge in [0.05, 0.1) is 15.5 Å². The first-order valence-electron chi connectivity index (χ1n) is 11.5. The molecule has 0 unspecified atom stereocenters. The van der Waals surface area contributed by atoms with E-state index < -0.39 is 32.5 Å². The van der Waals surface area contributed by atoms with Crippen LogP contribution in [0.4, 0.5) is 17.1 Å². The molecule has 4 aromatic rings. The molecule has 0 heterocycles. The summed E-state index contributed by atoms with van der Waals surface area (Å²) in [5.41, 5.74) is 1.38. The second-order valence-corrected chi connectivity index (χ2v) is 12.8. The first kappa shape index (κ1) is 28.4. The molecule has 0 spiro atoms. The van der Waals surface area contributed by atoms with E-state index in [-0.39, 0.29) is 21.2 Å². The van der Waals surface area contributed by atoms with Crippen LogP contribution in [0.5, 0.6) is 0 Å². The van der Waals surface area contributed by atoms with Gasteiger partial charge in [0.2, 0.25) is 5.91 Å². The summed E-state index contributed by atoms with van der Waals surface area (Å²) in [5, 5.41) is 3.45. The smallest absolute Gasteiger partial charge is 0.264 e. The fourth-order valence-corrected chi connectivity index (χ4v) is 6.52. The van der Waals surface area contributed by atoms with Gasteiger partial charge in [-0.05, 0) is 85.3 Å². The van der Waals surface area contributed by atoms with Crippen LogP contribution in [0.1, 0.15) is 5.56 Å². The molecular formula is C27H23Cl2N3O5S2. The average molecular weight is 605 g/mol. The maximum absolute atomic E-state index is 13.5. The van der Waals surface area contributed by atoms with Crippen LogP contribution in [-0.4, -0.2) is 29.3 Å². The average Bonchev–Trinajstić information content (AvgIpc) is 2.91. The third-order valence-electron chi connectivity index (χ3n) is 5.67. The summed E-state index contributed by atoms with van der Waals surface area (Å²) in [6.45, 7) is 1.12. The number of hydrogen-bond donors (Lipinski definition) is 2. The van der Waals surface area contributed by atoms with E-state index in [2.05, 4.69) is 10.0 Å². The first-order valence-corrected chi connectivity index (χ1v) is 15.2. The summed E-state index contributed by atoms with van der Waals surface area (Å²) < 4.78 is 55.9. The number of hydrogen-bond acceptors (Lipinski definition) is 5. The molecular weight excluding hydrogens is 581 g/mol. The fourth-order valence-electron chi connectivity index (χ4n) is 3.67. The number of rotatable bonds is 9. The third kappa shape index (κ3) is 6.72. The molecule has 0 aromatic heterocycles. The zero-order valence-electron chi connectivity index (χ0n) is 20.5. The molecule has 0 saturated heterocycles. The minimum absolute atomic E-state index is 0.0138. The molecule has 2 N–H and O–H groups in total. The fraction of sp³-hybridized carbons (Fsp3) is 0.0741. The quantitative estimate of drug-likeness (QED) is 0.246. The van der Waals surface area contributed by atoms with E-state index in [1.807, 2.05) is 0 Å². The zero-order valence-corrected chi connectivity index (χ0v) is 23.7. The van der Waals surface area contributed by atoms with E-state index in [0.717, 1.165) is 4.31 Å². The Hall–Kier alpha value is -3.57. The molecule has 39 heavy (non-hydrogen) atoms. The third-order valence-corrected chi connectivity index (χ3v) is 9.50. The minimum atomic E-state index is -4.12. The molecule has 0 saturated carbocycles. The van der Waals surface area contributed by atoms with E-state index in [1.54, 1.807) is 55.5 Å². The topological polar surface area (TPSA) is 113 Å². The van der Waals surface area contributed by atoms with Crippen molar-refractivity contribution < 1.29 is 21.6 Å². The van der Waals surface area contributed by atoms with Crippen molar-refractivity contribution >= 4 is 66.2 Å². The normalized spacial score (nSPS) is 11.6. The lowest BCUT2D eigenvalue weighted by Crippen LogP contribution is -2.38. The predicted octanol–water partition coefficient (Wildman–Crippen LogP) is 5.94. The highest BCUT2D eigenvalue weighted by molar-refractivity contribution is 7.93. The lowest BCUT2D eigenvalue weighted by atomic mass is 10.2. The van der Waals surface area contributed by atoms with E-state index in [4.69, 9.17) is 23.2 Å². The van der Waals surface area contributed by atoms with Crippen molar-refractivity contribution in [2.24, 2.45) is 0 Å². The number of carbonyl (C=O) groups is 1. The largest absolute Gasteiger partial charge is 0.325 e. The molecule has 202 valence electrons. The van der Waals surface area contributed by atoms with Gasteiger partial charge in [-0.1, -0.05) is 47.5 Å². The second kappa shape index (κ2) is 11.7. The standard InChI is InChI=1S/C27H23Cl2N3O5S2/c1-19-25(29)8-5-9-26(19)32(39(36,37)24-6-3-2-4-7-24)18-27(33)30-21-14-16-23(17-15-21)38(34,35)31-22-12-10-20(28)11-13-22/h2-17,31H,18H2,1H3,(H,30,33). The van der Waals surface area contributed by atoms with Crippen LogP contribution in [0.25, 0.3) is 0 Å². The number of benzene rings is 4. The summed E-state index contributed by atoms with van der Waals surface area (Å²) >= 11 is 12.1. The maximum atomic E-state index is 13.5. The van der Waals surface area contributed by atoms with Crippen LogP contribution in [0, 0.1) is 6.92 Å². The number of amides is 1. The van der Waals surface area contributed by atoms with Crippen molar-refractivity contribution in [2.45, 2.75) is 16.7 Å². The van der Waals surface area contributed by atoms with Gasteiger partial charge in [0.25, 0.3) is 20.0 Å². The van der Waals surface area contributed by atoms with Crippen LogP contribution in [-0.2, 0) is 24.8 Å². The maximum Gasteiger partial charge on any atom is 0.264 e. The summed E-state index contributed by atoms with van der Waals surface area (Å²) in [6, 6.07) is 24.2. The zero-order chi connectivity index (χ0) is 28.2. The number of nitrogens with one attached hydrogen (secondary N) is 2. The molecule has 0 atom stereocenters. The second-order valence-electron chi connectivity index (χ2n) is 8.39. The van der Waals surface area contributed by atoms with Gasteiger partial charge in [-0.2, -0.15) is 0 Å². The monoisotopic (exact) mass is 603 g/mol. The molecule has 0 aliphatic carbocycles. The summed E-state index contributed by atoms with van der Waals surface area (Å²) in [7, 11) is -8.01. The molecule has 0 bridgehead atoms. The van der Waals surface area contributed by atoms with Crippen LogP contribution in [0.3, 0.4) is 0 Å². The molecule has 4 rings (SSSR count). The minimum Gasteiger partial charge on any atom is -0.325 e. The van der Waals surface area contributed by atoms with Gasteiger partial charge in [0.1, 0.15) is 6.54 Å². The van der Waals surface area contributed by atoms with Gasteiger partial charge >= 0.3 is 0 Å². The Morgan fingerprint density at radius 2 is 1.36 bits per heavy atom. The van der Waals surface area contributed by atoms with Crippen molar-refractivity contribution in [2.75, 3.05) is 20.9 Å². The van der Waals surface area contributed by atoms with Crippen molar-refractivity contribution in [3.8, 4) is 0 Å². The number of nitrogens with zero attached hydrogens (tertiary/aromatic N) is 1. The van der Waals surface area contributed by atoms with Gasteiger partial charge in [0.15, 0.2) is 0 Å². The van der Waals surface area contributed by atoms with Crippen molar-refractivity contribution in [1.29, 1.82) is 0 Å². The Kier molecular flexibility index (Phi) is 8.51. The molecule has 0 fully saturated rings. The highest BCUT2D eigenvalue weighted by atomic mass is 35.5. The van der Waals surface area contributed by atoms with E-state index in [0.29, 0.717) is 21.3 Å². The van der Waals surface area contributed by atoms with Gasteiger partial charge in [-0.25, -0.2) is 16.8 Å². The van der Waals surface area contributed by atoms with E-state index >= 15 is 0 Å². The molecule has 12 heteroatoms. The van der Waals surface area contributed by atoms with E-state index in [1.165, 1.54) is 48.5 Å². The van der Waals surface area contributed by atoms with Crippen molar-refractivity contribution in [3.63, 3.8) is 0 Å². The number of sulfonamides is 2. The van der Waals surface area contributed by atoms with Gasteiger partial charge < -0.3 is 5.32 Å². The number of carbonyl (C=O) groups excluding carboxylic acids is 1. The number of anilines is 3. The summed E-state index contributed by atoms with van der Waals surface area (Å²) in [4.78, 5) is 13.0. The summed E-state index contributed by atoms with van der Waals surface area (Å²) in [5.74, 6) is -0.635. The lowest BCUT2D eigenvalue weighted by molar-refractivity contribution is -0.114. The molecule has 1 amide bonds. The SMILES string of the molecule is Cc1c(Cl)cccc1N(CC(=O)Nc1ccc(S(=O)(=O)Nc2ccc(Cl)cc2)cc1)S(=O)(=O)c1ccccc1. The first-order chi connectivity index (χ1) is 18.5. The van der Waals surface area contributed by atoms with Gasteiger partial charge in [-0.3, -0.25) is 13.8 Å². The molecule has 8 nitrogen and oxygen atoms in total. The van der Waals surface area contributed by atoms with Crippen molar-refractivity contribution in [1.82, 2.24) is 0 Å². The van der Waals surface area contributed by atoms with Gasteiger partial charge in [-0.15, -0.1) is 0 Å². The molecule has 4 aromatic carbocycles. The molecule has 0 radical (unpaired) electrons. The molecule has 0 aliphatic heterocycles. The van der Waals surface area contributed by atoms with E-state index in [9.17, 15) is 21.6 Å². The molecule has 0 aliphatic rings.